The van der Waals surface area contributed by atoms with Gasteiger partial charge in [-0.3, -0.25) is 0 Å². The fraction of sp³-hybridized carbons (Fsp3) is 0.250. The van der Waals surface area contributed by atoms with Gasteiger partial charge in [-0.1, -0.05) is 18.2 Å². The molecule has 0 unspecified atom stereocenters. The number of rotatable bonds is 0. The van der Waals surface area contributed by atoms with Gasteiger partial charge < -0.3 is 16.0 Å². The van der Waals surface area contributed by atoms with Gasteiger partial charge in [-0.05, 0) is 18.1 Å². The summed E-state index contributed by atoms with van der Waals surface area (Å²) in [6.45, 7) is 1.57. The molecule has 0 saturated heterocycles. The summed E-state index contributed by atoms with van der Waals surface area (Å²) >= 11 is 0. The lowest BCUT2D eigenvalue weighted by Gasteiger charge is -2.24. The molecule has 0 fully saturated rings. The van der Waals surface area contributed by atoms with Gasteiger partial charge in [0.15, 0.2) is 5.84 Å². The maximum atomic E-state index is 5.94. The molecule has 3 rings (SSSR count). The van der Waals surface area contributed by atoms with Crippen LogP contribution in [0.2, 0.25) is 0 Å². The van der Waals surface area contributed by atoms with Crippen LogP contribution >= 0.6 is 0 Å². The van der Waals surface area contributed by atoms with Crippen molar-refractivity contribution in [1.29, 1.82) is 0 Å². The third-order valence-electron chi connectivity index (χ3n) is 2.98. The van der Waals surface area contributed by atoms with Crippen molar-refractivity contribution < 1.29 is 0 Å². The molecular weight excluding hydrogens is 200 g/mol. The summed E-state index contributed by atoms with van der Waals surface area (Å²) in [4.78, 5) is 6.63. The molecule has 0 bridgehead atoms. The number of amidine groups is 1. The summed E-state index contributed by atoms with van der Waals surface area (Å²) in [5, 5.41) is 3.01. The molecule has 2 aliphatic heterocycles. The van der Waals surface area contributed by atoms with E-state index < -0.39 is 0 Å². The molecule has 0 atom stereocenters. The van der Waals surface area contributed by atoms with Gasteiger partial charge in [0.25, 0.3) is 0 Å². The molecule has 0 aliphatic carbocycles. The molecule has 4 nitrogen and oxygen atoms in total. The zero-order valence-corrected chi connectivity index (χ0v) is 8.98. The minimum Gasteiger partial charge on any atom is -0.395 e. The average Bonchev–Trinajstić information content (AvgIpc) is 2.74. The van der Waals surface area contributed by atoms with E-state index in [0.717, 1.165) is 18.8 Å². The number of benzene rings is 1. The Balaban J connectivity index is 1.99. The average molecular weight is 214 g/mol. The summed E-state index contributed by atoms with van der Waals surface area (Å²) in [7, 11) is 0. The first-order chi connectivity index (χ1) is 7.86. The summed E-state index contributed by atoms with van der Waals surface area (Å²) in [5.41, 5.74) is 9.26. The molecule has 4 heteroatoms. The predicted molar refractivity (Wildman–Crippen MR) is 65.2 cm³/mol. The summed E-state index contributed by atoms with van der Waals surface area (Å²) in [6, 6.07) is 8.42. The van der Waals surface area contributed by atoms with Crippen LogP contribution in [0.15, 0.2) is 41.2 Å². The number of hydrogen-bond donors (Lipinski definition) is 2. The highest BCUT2D eigenvalue weighted by Crippen LogP contribution is 2.28. The predicted octanol–water partition coefficient (Wildman–Crippen LogP) is 0.808. The normalized spacial score (nSPS) is 18.6. The topological polar surface area (TPSA) is 53.6 Å². The lowest BCUT2D eigenvalue weighted by atomic mass is 10.2. The molecule has 3 N–H and O–H groups in total. The second-order valence-corrected chi connectivity index (χ2v) is 3.97. The lowest BCUT2D eigenvalue weighted by Crippen LogP contribution is -2.37. The minimum atomic E-state index is 0.606. The van der Waals surface area contributed by atoms with Crippen molar-refractivity contribution in [3.8, 4) is 0 Å². The van der Waals surface area contributed by atoms with Crippen molar-refractivity contribution in [3.63, 3.8) is 0 Å². The van der Waals surface area contributed by atoms with Crippen molar-refractivity contribution in [2.45, 2.75) is 6.42 Å². The zero-order chi connectivity index (χ0) is 11.0. The number of nitrogens with one attached hydrogen (secondary N) is 1. The van der Waals surface area contributed by atoms with Gasteiger partial charge in [-0.15, -0.1) is 0 Å². The summed E-state index contributed by atoms with van der Waals surface area (Å²) < 4.78 is 0. The first-order valence-corrected chi connectivity index (χ1v) is 5.45. The highest BCUT2D eigenvalue weighted by atomic mass is 15.2. The number of nitrogens with zero attached hydrogens (tertiary/aromatic N) is 2. The molecule has 1 aromatic carbocycles. The van der Waals surface area contributed by atoms with Crippen molar-refractivity contribution in [2.75, 3.05) is 18.1 Å². The van der Waals surface area contributed by atoms with Gasteiger partial charge in [0, 0.05) is 18.4 Å². The van der Waals surface area contributed by atoms with Gasteiger partial charge in [0.05, 0.1) is 5.70 Å². The van der Waals surface area contributed by atoms with E-state index in [9.17, 15) is 0 Å². The highest BCUT2D eigenvalue weighted by Gasteiger charge is 2.24. The van der Waals surface area contributed by atoms with E-state index in [1.165, 1.54) is 11.3 Å². The number of hydrogen-bond acceptors (Lipinski definition) is 4. The number of nitrogens with two attached hydrogens (primary N) is 1. The Morgan fingerprint density at radius 1 is 1.31 bits per heavy atom. The number of anilines is 1. The molecule has 2 aliphatic rings. The van der Waals surface area contributed by atoms with Crippen LogP contribution in [0.1, 0.15) is 5.56 Å². The molecule has 16 heavy (non-hydrogen) atoms. The second-order valence-electron chi connectivity index (χ2n) is 3.97. The number of fused-ring (bicyclic) bond motifs is 1. The van der Waals surface area contributed by atoms with E-state index >= 15 is 0 Å². The monoisotopic (exact) mass is 214 g/mol. The van der Waals surface area contributed by atoms with Crippen molar-refractivity contribution in [3.05, 3.63) is 41.7 Å². The van der Waals surface area contributed by atoms with E-state index in [1.807, 2.05) is 6.20 Å². The fourth-order valence-electron chi connectivity index (χ4n) is 2.23. The van der Waals surface area contributed by atoms with E-state index in [1.54, 1.807) is 0 Å². The van der Waals surface area contributed by atoms with Gasteiger partial charge in [0.2, 0.25) is 0 Å². The molecule has 2 heterocycles. The number of para-hydroxylation sites is 1. The smallest absolute Gasteiger partial charge is 0.154 e. The van der Waals surface area contributed by atoms with Gasteiger partial charge >= 0.3 is 0 Å². The van der Waals surface area contributed by atoms with Crippen molar-refractivity contribution in [1.82, 2.24) is 5.32 Å². The van der Waals surface area contributed by atoms with Crippen LogP contribution in [0.3, 0.4) is 0 Å². The van der Waals surface area contributed by atoms with Gasteiger partial charge in [-0.2, -0.15) is 0 Å². The molecule has 82 valence electrons. The van der Waals surface area contributed by atoms with Crippen molar-refractivity contribution >= 4 is 11.5 Å². The maximum Gasteiger partial charge on any atom is 0.154 e. The Labute approximate surface area is 94.5 Å². The molecule has 0 amide bonds. The largest absolute Gasteiger partial charge is 0.395 e. The maximum absolute atomic E-state index is 5.94. The van der Waals surface area contributed by atoms with Crippen molar-refractivity contribution in [2.24, 2.45) is 10.7 Å². The van der Waals surface area contributed by atoms with Crippen LogP contribution < -0.4 is 16.0 Å². The molecule has 0 saturated carbocycles. The Bertz CT molecular complexity index is 476. The van der Waals surface area contributed by atoms with Crippen LogP contribution in [0.4, 0.5) is 5.69 Å². The molecule has 0 radical (unpaired) electrons. The first kappa shape index (κ1) is 9.27. The number of aliphatic imine (C=N–C) groups is 1. The third kappa shape index (κ3) is 1.34. The SMILES string of the molecule is NC1=CNCN=C1N1CCc2ccccc21. The van der Waals surface area contributed by atoms with Crippen LogP contribution in [-0.2, 0) is 6.42 Å². The van der Waals surface area contributed by atoms with Gasteiger partial charge in [0.1, 0.15) is 6.67 Å². The van der Waals surface area contributed by atoms with Crippen LogP contribution in [-0.4, -0.2) is 19.0 Å². The highest BCUT2D eigenvalue weighted by molar-refractivity contribution is 6.10. The van der Waals surface area contributed by atoms with E-state index in [2.05, 4.69) is 39.5 Å². The zero-order valence-electron chi connectivity index (χ0n) is 8.98. The molecular formula is C12H14N4. The molecule has 0 aromatic heterocycles. The summed E-state index contributed by atoms with van der Waals surface area (Å²) in [6.07, 6.45) is 2.89. The van der Waals surface area contributed by atoms with E-state index in [4.69, 9.17) is 5.73 Å². The van der Waals surface area contributed by atoms with Gasteiger partial charge in [-0.25, -0.2) is 4.99 Å². The van der Waals surface area contributed by atoms with Crippen LogP contribution in [0, 0.1) is 0 Å². The molecule has 1 aromatic rings. The Kier molecular flexibility index (Phi) is 2.06. The Hall–Kier alpha value is -1.97. The first-order valence-electron chi connectivity index (χ1n) is 5.45. The Morgan fingerprint density at radius 3 is 3.06 bits per heavy atom. The third-order valence-corrected chi connectivity index (χ3v) is 2.98. The fourth-order valence-corrected chi connectivity index (χ4v) is 2.23. The minimum absolute atomic E-state index is 0.606. The van der Waals surface area contributed by atoms with Crippen LogP contribution in [0.5, 0.6) is 0 Å². The van der Waals surface area contributed by atoms with E-state index in [-0.39, 0.29) is 0 Å². The standard InChI is InChI=1S/C12H14N4/c13-10-7-14-8-15-12(10)16-6-5-9-3-1-2-4-11(9)16/h1-4,7,14H,5-6,8,13H2. The quantitative estimate of drug-likeness (QED) is 0.672. The molecule has 0 spiro atoms. The Morgan fingerprint density at radius 2 is 2.19 bits per heavy atom. The second kappa shape index (κ2) is 3.56. The summed E-state index contributed by atoms with van der Waals surface area (Å²) in [5.74, 6) is 0.892. The van der Waals surface area contributed by atoms with E-state index in [0.29, 0.717) is 12.4 Å². The van der Waals surface area contributed by atoms with Crippen LogP contribution in [0.25, 0.3) is 0 Å². The lowest BCUT2D eigenvalue weighted by molar-refractivity contribution is 0.846.